The fourth-order valence-corrected chi connectivity index (χ4v) is 3.01. The lowest BCUT2D eigenvalue weighted by Gasteiger charge is -2.22. The minimum absolute atomic E-state index is 0.211. The molecule has 3 aromatic rings. The number of hydrogen-bond donors (Lipinski definition) is 2. The molecule has 168 valence electrons. The first-order chi connectivity index (χ1) is 15.5. The first-order valence-electron chi connectivity index (χ1n) is 10.8. The molecular formula is C27H31NO4. The minimum Gasteiger partial charge on any atom is -0.457 e. The Labute approximate surface area is 190 Å². The Morgan fingerprint density at radius 2 is 1.53 bits per heavy atom. The van der Waals surface area contributed by atoms with E-state index in [1.54, 1.807) is 18.2 Å². The van der Waals surface area contributed by atoms with Crippen molar-refractivity contribution in [3.8, 4) is 0 Å². The van der Waals surface area contributed by atoms with E-state index >= 15 is 0 Å². The number of carbonyl (C=O) groups is 2. The van der Waals surface area contributed by atoms with Gasteiger partial charge in [0.2, 0.25) is 0 Å². The molecule has 1 aliphatic heterocycles. The van der Waals surface area contributed by atoms with Crippen LogP contribution >= 0.6 is 0 Å². The number of esters is 1. The maximum Gasteiger partial charge on any atom is 0.338 e. The molecule has 0 saturated carbocycles. The number of ether oxygens (including phenoxy) is 1. The molecule has 1 heterocycles. The van der Waals surface area contributed by atoms with Gasteiger partial charge in [0.25, 0.3) is 5.91 Å². The summed E-state index contributed by atoms with van der Waals surface area (Å²) in [6, 6.07) is 26.7. The third kappa shape index (κ3) is 7.36. The number of aliphatic hydroxyl groups is 1. The molecule has 0 radical (unpaired) electrons. The van der Waals surface area contributed by atoms with E-state index in [-0.39, 0.29) is 12.6 Å². The molecular weight excluding hydrogens is 402 g/mol. The molecule has 5 heteroatoms. The number of benzene rings is 3. The van der Waals surface area contributed by atoms with Crippen LogP contribution in [0.2, 0.25) is 0 Å². The minimum atomic E-state index is -1.48. The third-order valence-electron chi connectivity index (χ3n) is 4.84. The molecule has 32 heavy (non-hydrogen) atoms. The van der Waals surface area contributed by atoms with Gasteiger partial charge in [0.1, 0.15) is 12.2 Å². The highest BCUT2D eigenvalue weighted by molar-refractivity contribution is 5.98. The molecule has 0 spiro atoms. The van der Waals surface area contributed by atoms with Gasteiger partial charge in [-0.2, -0.15) is 0 Å². The van der Waals surface area contributed by atoms with Crippen LogP contribution in [-0.2, 0) is 22.6 Å². The predicted molar refractivity (Wildman–Crippen MR) is 127 cm³/mol. The predicted octanol–water partition coefficient (Wildman–Crippen LogP) is 5.39. The lowest BCUT2D eigenvalue weighted by Crippen LogP contribution is -2.40. The Morgan fingerprint density at radius 3 is 2.12 bits per heavy atom. The van der Waals surface area contributed by atoms with Gasteiger partial charge in [-0.1, -0.05) is 80.6 Å². The molecule has 0 saturated heterocycles. The summed E-state index contributed by atoms with van der Waals surface area (Å²) in [5, 5.41) is 13.2. The number of fused-ring (bicyclic) bond motifs is 1. The number of aryl methyl sites for hydroxylation is 1. The molecule has 5 nitrogen and oxygen atoms in total. The molecule has 0 fully saturated rings. The lowest BCUT2D eigenvalue weighted by atomic mass is 9.95. The number of amides is 1. The molecule has 0 aliphatic carbocycles. The molecule has 2 N–H and O–H groups in total. The van der Waals surface area contributed by atoms with Crippen molar-refractivity contribution in [2.75, 3.05) is 5.32 Å². The van der Waals surface area contributed by atoms with Gasteiger partial charge in [-0.3, -0.25) is 4.79 Å². The summed E-state index contributed by atoms with van der Waals surface area (Å²) in [4.78, 5) is 23.8. The van der Waals surface area contributed by atoms with E-state index in [2.05, 4.69) is 5.32 Å². The van der Waals surface area contributed by atoms with E-state index in [0.29, 0.717) is 24.1 Å². The van der Waals surface area contributed by atoms with E-state index in [1.807, 2.05) is 80.6 Å². The van der Waals surface area contributed by atoms with Gasteiger partial charge in [0.05, 0.1) is 5.56 Å². The summed E-state index contributed by atoms with van der Waals surface area (Å²) in [6.45, 7) is 5.72. The Hall–Kier alpha value is -3.44. The van der Waals surface area contributed by atoms with Gasteiger partial charge in [-0.05, 0) is 43.5 Å². The first-order valence-corrected chi connectivity index (χ1v) is 10.8. The number of cyclic esters (lactones) is 1. The maximum absolute atomic E-state index is 12.4. The Balaban J connectivity index is 0.000000387. The highest BCUT2D eigenvalue weighted by atomic mass is 16.5. The van der Waals surface area contributed by atoms with Gasteiger partial charge in [0.15, 0.2) is 0 Å². The Morgan fingerprint density at radius 1 is 0.969 bits per heavy atom. The number of nitrogens with one attached hydrogen (secondary N) is 1. The summed E-state index contributed by atoms with van der Waals surface area (Å²) in [6.07, 6.45) is 0.920. The smallest absolute Gasteiger partial charge is 0.338 e. The fraction of sp³-hybridized carbons (Fsp3) is 0.259. The summed E-state index contributed by atoms with van der Waals surface area (Å²) < 4.78 is 4.94. The van der Waals surface area contributed by atoms with Crippen molar-refractivity contribution in [3.63, 3.8) is 0 Å². The first kappa shape index (κ1) is 24.8. The largest absolute Gasteiger partial charge is 0.457 e. The van der Waals surface area contributed by atoms with Crippen molar-refractivity contribution in [2.24, 2.45) is 0 Å². The average Bonchev–Trinajstić information content (AvgIpc) is 3.21. The quantitative estimate of drug-likeness (QED) is 0.529. The van der Waals surface area contributed by atoms with Crippen molar-refractivity contribution in [1.29, 1.82) is 0 Å². The Kier molecular flexibility index (Phi) is 9.64. The zero-order valence-corrected chi connectivity index (χ0v) is 18.9. The normalized spacial score (nSPS) is 13.2. The van der Waals surface area contributed by atoms with Crippen molar-refractivity contribution < 1.29 is 19.4 Å². The van der Waals surface area contributed by atoms with Crippen LogP contribution < -0.4 is 5.32 Å². The second-order valence-electron chi connectivity index (χ2n) is 7.32. The number of hydrogen-bond acceptors (Lipinski definition) is 4. The molecule has 1 unspecified atom stereocenters. The molecule has 1 aliphatic rings. The molecule has 1 amide bonds. The van der Waals surface area contributed by atoms with E-state index in [0.717, 1.165) is 11.1 Å². The molecule has 1 atom stereocenters. The number of anilines is 1. The summed E-state index contributed by atoms with van der Waals surface area (Å²) in [5.74, 6) is -0.818. The van der Waals surface area contributed by atoms with Crippen molar-refractivity contribution in [2.45, 2.75) is 45.8 Å². The van der Waals surface area contributed by atoms with E-state index in [4.69, 9.17) is 4.74 Å². The second kappa shape index (κ2) is 12.4. The van der Waals surface area contributed by atoms with Crippen LogP contribution in [0.5, 0.6) is 0 Å². The second-order valence-corrected chi connectivity index (χ2v) is 7.32. The van der Waals surface area contributed by atoms with Gasteiger partial charge in [-0.25, -0.2) is 4.79 Å². The molecule has 0 bridgehead atoms. The zero-order chi connectivity index (χ0) is 23.4. The number of rotatable bonds is 5. The van der Waals surface area contributed by atoms with Crippen molar-refractivity contribution >= 4 is 17.6 Å². The highest BCUT2D eigenvalue weighted by Crippen LogP contribution is 2.24. The van der Waals surface area contributed by atoms with E-state index in [9.17, 15) is 14.7 Å². The van der Waals surface area contributed by atoms with Crippen molar-refractivity contribution in [1.82, 2.24) is 0 Å². The van der Waals surface area contributed by atoms with Crippen LogP contribution in [-0.4, -0.2) is 22.6 Å². The van der Waals surface area contributed by atoms with Gasteiger partial charge in [-0.15, -0.1) is 0 Å². The van der Waals surface area contributed by atoms with Gasteiger partial charge >= 0.3 is 5.97 Å². The topological polar surface area (TPSA) is 75.6 Å². The molecule has 3 aromatic carbocycles. The SMILES string of the molecule is CC.CC(O)(CCc1ccccc1)C(=O)Nc1ccc2c(c1)COC2=O.c1ccccc1. The summed E-state index contributed by atoms with van der Waals surface area (Å²) >= 11 is 0. The lowest BCUT2D eigenvalue weighted by molar-refractivity contribution is -0.132. The molecule has 4 rings (SSSR count). The van der Waals surface area contributed by atoms with Crippen LogP contribution in [0.4, 0.5) is 5.69 Å². The van der Waals surface area contributed by atoms with Crippen LogP contribution in [0.25, 0.3) is 0 Å². The standard InChI is InChI=1S/C19H19NO4.C6H6.C2H6/c1-19(23,10-9-13-5-3-2-4-6-13)18(22)20-15-7-8-16-14(11-15)12-24-17(16)21;1-2-4-6-5-3-1;1-2/h2-8,11,23H,9-10,12H2,1H3,(H,20,22);1-6H;1-2H3. The van der Waals surface area contributed by atoms with Crippen LogP contribution in [0.3, 0.4) is 0 Å². The van der Waals surface area contributed by atoms with Crippen LogP contribution in [0.1, 0.15) is 48.7 Å². The summed E-state index contributed by atoms with van der Waals surface area (Å²) in [7, 11) is 0. The molecule has 0 aromatic heterocycles. The van der Waals surface area contributed by atoms with E-state index < -0.39 is 11.5 Å². The van der Waals surface area contributed by atoms with Crippen LogP contribution in [0, 0.1) is 0 Å². The van der Waals surface area contributed by atoms with E-state index in [1.165, 1.54) is 6.92 Å². The third-order valence-corrected chi connectivity index (χ3v) is 4.84. The summed E-state index contributed by atoms with van der Waals surface area (Å²) in [5.41, 5.74) is 1.38. The monoisotopic (exact) mass is 433 g/mol. The van der Waals surface area contributed by atoms with Gasteiger partial charge in [0, 0.05) is 11.3 Å². The fourth-order valence-electron chi connectivity index (χ4n) is 3.01. The van der Waals surface area contributed by atoms with Crippen molar-refractivity contribution in [3.05, 3.63) is 102 Å². The Bertz CT molecular complexity index is 958. The van der Waals surface area contributed by atoms with Crippen LogP contribution in [0.15, 0.2) is 84.9 Å². The van der Waals surface area contributed by atoms with Gasteiger partial charge < -0.3 is 15.2 Å². The average molecular weight is 434 g/mol. The maximum atomic E-state index is 12.4. The number of carbonyl (C=O) groups excluding carboxylic acids is 2. The zero-order valence-electron chi connectivity index (χ0n) is 18.9. The highest BCUT2D eigenvalue weighted by Gasteiger charge is 2.30.